The molecule has 0 radical (unpaired) electrons. The van der Waals surface area contributed by atoms with E-state index in [1.165, 1.54) is 18.4 Å². The Morgan fingerprint density at radius 3 is 2.17 bits per heavy atom. The van der Waals surface area contributed by atoms with Crippen LogP contribution in [-0.4, -0.2) is 31.1 Å². The van der Waals surface area contributed by atoms with Crippen molar-refractivity contribution >= 4 is 0 Å². The lowest BCUT2D eigenvalue weighted by Crippen LogP contribution is -2.45. The average Bonchev–Trinajstić information content (AvgIpc) is 3.44. The molecule has 0 aromatic heterocycles. The number of para-hydroxylation sites is 1. The van der Waals surface area contributed by atoms with Crippen molar-refractivity contribution in [2.75, 3.05) is 26.2 Å². The van der Waals surface area contributed by atoms with E-state index >= 15 is 0 Å². The number of piperazine rings is 1. The van der Waals surface area contributed by atoms with Crippen LogP contribution >= 0.6 is 0 Å². The van der Waals surface area contributed by atoms with Gasteiger partial charge in [-0.05, 0) is 48.6 Å². The maximum absolute atomic E-state index is 5.91. The Kier molecular flexibility index (Phi) is 4.31. The minimum absolute atomic E-state index is 0.586. The number of nitrogens with one attached hydrogen (secondary N) is 1. The molecule has 2 fully saturated rings. The Bertz CT molecular complexity index is 616. The molecular formula is C20H24N2O. The summed E-state index contributed by atoms with van der Waals surface area (Å²) >= 11 is 0. The lowest BCUT2D eigenvalue weighted by molar-refractivity contribution is 0.156. The molecule has 0 amide bonds. The first-order valence-electron chi connectivity index (χ1n) is 8.68. The number of hydrogen-bond acceptors (Lipinski definition) is 3. The average molecular weight is 308 g/mol. The summed E-state index contributed by atoms with van der Waals surface area (Å²) in [7, 11) is 0. The van der Waals surface area contributed by atoms with Gasteiger partial charge in [-0.25, -0.2) is 0 Å². The second kappa shape index (κ2) is 6.73. The van der Waals surface area contributed by atoms with Gasteiger partial charge in [0.15, 0.2) is 0 Å². The molecule has 3 nitrogen and oxygen atoms in total. The standard InChI is InChI=1S/C20H24N2O/c1-2-4-18(5-3-1)23-19-10-8-17(9-11-19)20(16-6-7-16)22-14-12-21-13-15-22/h1-5,8-11,16,20-21H,6-7,12-15H2/t20-/m1/s1. The summed E-state index contributed by atoms with van der Waals surface area (Å²) < 4.78 is 5.91. The summed E-state index contributed by atoms with van der Waals surface area (Å²) in [5.74, 6) is 2.64. The topological polar surface area (TPSA) is 24.5 Å². The summed E-state index contributed by atoms with van der Waals surface area (Å²) in [4.78, 5) is 2.65. The van der Waals surface area contributed by atoms with E-state index in [4.69, 9.17) is 4.74 Å². The van der Waals surface area contributed by atoms with Crippen molar-refractivity contribution < 1.29 is 4.74 Å². The third-order valence-electron chi connectivity index (χ3n) is 4.81. The van der Waals surface area contributed by atoms with E-state index in [1.54, 1.807) is 0 Å². The fourth-order valence-electron chi connectivity index (χ4n) is 3.51. The largest absolute Gasteiger partial charge is 0.457 e. The number of ether oxygens (including phenoxy) is 1. The van der Waals surface area contributed by atoms with Gasteiger partial charge in [-0.15, -0.1) is 0 Å². The van der Waals surface area contributed by atoms with E-state index in [9.17, 15) is 0 Å². The summed E-state index contributed by atoms with van der Waals surface area (Å²) in [5.41, 5.74) is 1.44. The normalized spacial score (nSPS) is 20.2. The molecule has 1 aliphatic heterocycles. The molecule has 0 unspecified atom stereocenters. The van der Waals surface area contributed by atoms with Gasteiger partial charge in [0.05, 0.1) is 0 Å². The van der Waals surface area contributed by atoms with E-state index in [0.717, 1.165) is 43.6 Å². The van der Waals surface area contributed by atoms with Crippen LogP contribution in [0.3, 0.4) is 0 Å². The van der Waals surface area contributed by atoms with Crippen molar-refractivity contribution in [1.82, 2.24) is 10.2 Å². The second-order valence-electron chi connectivity index (χ2n) is 6.55. The van der Waals surface area contributed by atoms with Crippen molar-refractivity contribution in [3.05, 3.63) is 60.2 Å². The van der Waals surface area contributed by atoms with Crippen LogP contribution in [0.15, 0.2) is 54.6 Å². The molecular weight excluding hydrogens is 284 g/mol. The highest BCUT2D eigenvalue weighted by Crippen LogP contribution is 2.44. The second-order valence-corrected chi connectivity index (χ2v) is 6.55. The molecule has 0 spiro atoms. The third-order valence-corrected chi connectivity index (χ3v) is 4.81. The molecule has 2 aromatic carbocycles. The summed E-state index contributed by atoms with van der Waals surface area (Å²) in [6.45, 7) is 4.53. The Morgan fingerprint density at radius 1 is 0.870 bits per heavy atom. The van der Waals surface area contributed by atoms with E-state index < -0.39 is 0 Å². The summed E-state index contributed by atoms with van der Waals surface area (Å²) in [6, 6.07) is 19.3. The highest BCUT2D eigenvalue weighted by Gasteiger charge is 2.36. The molecule has 1 saturated carbocycles. The van der Waals surface area contributed by atoms with Gasteiger partial charge in [0.2, 0.25) is 0 Å². The van der Waals surface area contributed by atoms with Gasteiger partial charge in [0.25, 0.3) is 0 Å². The van der Waals surface area contributed by atoms with Gasteiger partial charge < -0.3 is 10.1 Å². The molecule has 2 aliphatic rings. The first-order valence-corrected chi connectivity index (χ1v) is 8.68. The van der Waals surface area contributed by atoms with Gasteiger partial charge in [-0.2, -0.15) is 0 Å². The van der Waals surface area contributed by atoms with E-state index in [2.05, 4.69) is 34.5 Å². The molecule has 1 saturated heterocycles. The Balaban J connectivity index is 1.49. The summed E-state index contributed by atoms with van der Waals surface area (Å²) in [5, 5.41) is 3.46. The molecule has 23 heavy (non-hydrogen) atoms. The first kappa shape index (κ1) is 14.7. The number of hydrogen-bond donors (Lipinski definition) is 1. The van der Waals surface area contributed by atoms with Gasteiger partial charge in [-0.1, -0.05) is 30.3 Å². The molecule has 1 heterocycles. The molecule has 120 valence electrons. The molecule has 1 atom stereocenters. The van der Waals surface area contributed by atoms with Crippen LogP contribution in [0.4, 0.5) is 0 Å². The zero-order valence-corrected chi connectivity index (χ0v) is 13.4. The van der Waals surface area contributed by atoms with E-state index in [-0.39, 0.29) is 0 Å². The molecule has 0 bridgehead atoms. The van der Waals surface area contributed by atoms with Gasteiger partial charge in [0.1, 0.15) is 11.5 Å². The monoisotopic (exact) mass is 308 g/mol. The van der Waals surface area contributed by atoms with Gasteiger partial charge in [-0.3, -0.25) is 4.90 Å². The van der Waals surface area contributed by atoms with Crippen LogP contribution in [0.25, 0.3) is 0 Å². The minimum atomic E-state index is 0.586. The first-order chi connectivity index (χ1) is 11.4. The Morgan fingerprint density at radius 2 is 1.52 bits per heavy atom. The zero-order valence-electron chi connectivity index (χ0n) is 13.4. The van der Waals surface area contributed by atoms with Crippen molar-refractivity contribution in [3.63, 3.8) is 0 Å². The maximum Gasteiger partial charge on any atom is 0.127 e. The lowest BCUT2D eigenvalue weighted by atomic mass is 9.99. The number of rotatable bonds is 5. The van der Waals surface area contributed by atoms with E-state index in [1.807, 2.05) is 30.3 Å². The summed E-state index contributed by atoms with van der Waals surface area (Å²) in [6.07, 6.45) is 2.74. The van der Waals surface area contributed by atoms with Crippen LogP contribution in [0.1, 0.15) is 24.4 Å². The third kappa shape index (κ3) is 3.57. The van der Waals surface area contributed by atoms with Crippen molar-refractivity contribution in [3.8, 4) is 11.5 Å². The van der Waals surface area contributed by atoms with Crippen molar-refractivity contribution in [2.24, 2.45) is 5.92 Å². The molecule has 2 aromatic rings. The quantitative estimate of drug-likeness (QED) is 0.908. The van der Waals surface area contributed by atoms with Gasteiger partial charge in [0, 0.05) is 32.2 Å². The molecule has 1 aliphatic carbocycles. The van der Waals surface area contributed by atoms with Crippen molar-refractivity contribution in [2.45, 2.75) is 18.9 Å². The maximum atomic E-state index is 5.91. The number of benzene rings is 2. The van der Waals surface area contributed by atoms with Crippen LogP contribution in [0.5, 0.6) is 11.5 Å². The Hall–Kier alpha value is -1.84. The van der Waals surface area contributed by atoms with Crippen molar-refractivity contribution in [1.29, 1.82) is 0 Å². The minimum Gasteiger partial charge on any atom is -0.457 e. The highest BCUT2D eigenvalue weighted by molar-refractivity contribution is 5.34. The fourth-order valence-corrected chi connectivity index (χ4v) is 3.51. The predicted molar refractivity (Wildman–Crippen MR) is 92.9 cm³/mol. The predicted octanol–water partition coefficient (Wildman–Crippen LogP) is 3.84. The highest BCUT2D eigenvalue weighted by atomic mass is 16.5. The number of nitrogens with zero attached hydrogens (tertiary/aromatic N) is 1. The zero-order chi connectivity index (χ0) is 15.5. The Labute approximate surface area is 138 Å². The smallest absolute Gasteiger partial charge is 0.127 e. The van der Waals surface area contributed by atoms with Crippen LogP contribution in [-0.2, 0) is 0 Å². The van der Waals surface area contributed by atoms with Crippen LogP contribution in [0.2, 0.25) is 0 Å². The van der Waals surface area contributed by atoms with E-state index in [0.29, 0.717) is 6.04 Å². The molecule has 1 N–H and O–H groups in total. The fraction of sp³-hybridized carbons (Fsp3) is 0.400. The molecule has 4 rings (SSSR count). The van der Waals surface area contributed by atoms with Crippen LogP contribution < -0.4 is 10.1 Å². The SMILES string of the molecule is c1ccc(Oc2ccc([C@@H](C3CC3)N3CCNCC3)cc2)cc1. The van der Waals surface area contributed by atoms with Crippen LogP contribution in [0, 0.1) is 5.92 Å². The van der Waals surface area contributed by atoms with Gasteiger partial charge >= 0.3 is 0 Å². The molecule has 3 heteroatoms. The lowest BCUT2D eigenvalue weighted by Gasteiger charge is -2.35.